The van der Waals surface area contributed by atoms with Gasteiger partial charge in [-0.1, -0.05) is 36.4 Å². The number of hydrogen-bond donors (Lipinski definition) is 1. The quantitative estimate of drug-likeness (QED) is 0.285. The Labute approximate surface area is 191 Å². The predicted octanol–water partition coefficient (Wildman–Crippen LogP) is 2.71. The number of benzene rings is 1. The molecular weight excluding hydrogens is 432 g/mol. The molecule has 0 aliphatic carbocycles. The van der Waals surface area contributed by atoms with Crippen molar-refractivity contribution in [3.05, 3.63) is 47.7 Å². The Hall–Kier alpha value is -3.69. The van der Waals surface area contributed by atoms with Gasteiger partial charge in [0.2, 0.25) is 5.91 Å². The maximum Gasteiger partial charge on any atom is 0.417 e. The third-order valence-electron chi connectivity index (χ3n) is 4.54. The Kier molecular flexibility index (Phi) is 8.72. The number of ketones is 1. The van der Waals surface area contributed by atoms with Crippen molar-refractivity contribution in [3.8, 4) is 0 Å². The number of rotatable bonds is 7. The highest BCUT2D eigenvalue weighted by Gasteiger charge is 2.42. The lowest BCUT2D eigenvalue weighted by Crippen LogP contribution is -2.34. The van der Waals surface area contributed by atoms with E-state index in [1.54, 1.807) is 45.0 Å². The van der Waals surface area contributed by atoms with Gasteiger partial charge in [-0.15, -0.1) is 0 Å². The van der Waals surface area contributed by atoms with Gasteiger partial charge in [-0.3, -0.25) is 14.9 Å². The molecule has 0 aromatic heterocycles. The Morgan fingerprint density at radius 3 is 2.42 bits per heavy atom. The SMILES string of the molecule is COC(=O)/C(=C/CCC1C(=O)CN(C(=O)OCc2ccccc2)C1=O)NC(=O)OC(C)(C)C. The first kappa shape index (κ1) is 25.6. The van der Waals surface area contributed by atoms with Crippen LogP contribution < -0.4 is 5.32 Å². The van der Waals surface area contributed by atoms with Crippen LogP contribution in [0.5, 0.6) is 0 Å². The average molecular weight is 460 g/mol. The summed E-state index contributed by atoms with van der Waals surface area (Å²) in [5.74, 6) is -2.95. The molecule has 1 aromatic rings. The van der Waals surface area contributed by atoms with Gasteiger partial charge >= 0.3 is 18.2 Å². The van der Waals surface area contributed by atoms with Crippen molar-refractivity contribution in [2.45, 2.75) is 45.8 Å². The molecule has 0 radical (unpaired) electrons. The van der Waals surface area contributed by atoms with E-state index in [2.05, 4.69) is 10.1 Å². The van der Waals surface area contributed by atoms with Gasteiger partial charge in [-0.2, -0.15) is 0 Å². The molecule has 3 amide bonds. The van der Waals surface area contributed by atoms with E-state index in [1.165, 1.54) is 6.08 Å². The molecule has 1 fully saturated rings. The van der Waals surface area contributed by atoms with E-state index in [4.69, 9.17) is 9.47 Å². The number of carbonyl (C=O) groups is 5. The first-order valence-corrected chi connectivity index (χ1v) is 10.3. The summed E-state index contributed by atoms with van der Waals surface area (Å²) in [5.41, 5.74) is -0.200. The molecule has 1 unspecified atom stereocenters. The third kappa shape index (κ3) is 7.74. The van der Waals surface area contributed by atoms with Gasteiger partial charge in [0.15, 0.2) is 5.78 Å². The number of nitrogens with one attached hydrogen (secondary N) is 1. The monoisotopic (exact) mass is 460 g/mol. The van der Waals surface area contributed by atoms with Gasteiger partial charge in [-0.25, -0.2) is 19.3 Å². The highest BCUT2D eigenvalue weighted by Crippen LogP contribution is 2.21. The Balaban J connectivity index is 1.95. The molecule has 1 aliphatic heterocycles. The fourth-order valence-electron chi connectivity index (χ4n) is 3.01. The lowest BCUT2D eigenvalue weighted by molar-refractivity contribution is -0.136. The molecule has 2 rings (SSSR count). The van der Waals surface area contributed by atoms with Crippen LogP contribution in [0.25, 0.3) is 0 Å². The predicted molar refractivity (Wildman–Crippen MR) is 116 cm³/mol. The zero-order chi connectivity index (χ0) is 24.6. The van der Waals surface area contributed by atoms with Gasteiger partial charge in [-0.05, 0) is 39.2 Å². The molecule has 1 N–H and O–H groups in total. The number of likely N-dealkylation sites (tertiary alicyclic amines) is 1. The summed E-state index contributed by atoms with van der Waals surface area (Å²) in [6, 6.07) is 8.93. The van der Waals surface area contributed by atoms with Crippen LogP contribution in [0.4, 0.5) is 9.59 Å². The standard InChI is InChI=1S/C23H28N2O8/c1-23(2,3)33-21(29)24-17(20(28)31-4)12-8-11-16-18(26)13-25(19(16)27)22(30)32-14-15-9-6-5-7-10-15/h5-7,9-10,12,16H,8,11,13-14H2,1-4H3,(H,24,29)/b17-12-. The molecule has 10 heteroatoms. The number of imide groups is 1. The highest BCUT2D eigenvalue weighted by molar-refractivity contribution is 6.13. The summed E-state index contributed by atoms with van der Waals surface area (Å²) in [6.07, 6.45) is -0.268. The molecule has 1 atom stereocenters. The van der Waals surface area contributed by atoms with E-state index < -0.39 is 41.4 Å². The summed E-state index contributed by atoms with van der Waals surface area (Å²) in [5, 5.41) is 2.30. The summed E-state index contributed by atoms with van der Waals surface area (Å²) in [7, 11) is 1.15. The minimum atomic E-state index is -1.05. The molecule has 0 bridgehead atoms. The van der Waals surface area contributed by atoms with E-state index >= 15 is 0 Å². The number of hydrogen-bond acceptors (Lipinski definition) is 8. The molecule has 1 heterocycles. The Bertz CT molecular complexity index is 934. The van der Waals surface area contributed by atoms with E-state index in [9.17, 15) is 24.0 Å². The second-order valence-corrected chi connectivity index (χ2v) is 8.30. The molecule has 0 saturated carbocycles. The van der Waals surface area contributed by atoms with Crippen LogP contribution in [0, 0.1) is 5.92 Å². The lowest BCUT2D eigenvalue weighted by atomic mass is 10.0. The third-order valence-corrected chi connectivity index (χ3v) is 4.54. The molecule has 178 valence electrons. The number of nitrogens with zero attached hydrogens (tertiary/aromatic N) is 1. The second-order valence-electron chi connectivity index (χ2n) is 8.30. The van der Waals surface area contributed by atoms with E-state index in [0.29, 0.717) is 0 Å². The topological polar surface area (TPSA) is 128 Å². The van der Waals surface area contributed by atoms with E-state index in [0.717, 1.165) is 17.6 Å². The first-order chi connectivity index (χ1) is 15.5. The molecule has 1 aromatic carbocycles. The van der Waals surface area contributed by atoms with Crippen molar-refractivity contribution in [3.63, 3.8) is 0 Å². The van der Waals surface area contributed by atoms with Crippen LogP contribution in [0.2, 0.25) is 0 Å². The summed E-state index contributed by atoms with van der Waals surface area (Å²) in [4.78, 5) is 61.8. The fraction of sp³-hybridized carbons (Fsp3) is 0.435. The lowest BCUT2D eigenvalue weighted by Gasteiger charge is -2.20. The van der Waals surface area contributed by atoms with Crippen molar-refractivity contribution in [1.82, 2.24) is 10.2 Å². The van der Waals surface area contributed by atoms with E-state index in [-0.39, 0.29) is 31.7 Å². The van der Waals surface area contributed by atoms with Crippen LogP contribution in [0.3, 0.4) is 0 Å². The smallest absolute Gasteiger partial charge is 0.417 e. The van der Waals surface area contributed by atoms with Gasteiger partial charge in [0.1, 0.15) is 17.9 Å². The van der Waals surface area contributed by atoms with Gasteiger partial charge in [0.25, 0.3) is 0 Å². The zero-order valence-electron chi connectivity index (χ0n) is 19.1. The number of amides is 3. The number of allylic oxidation sites excluding steroid dienone is 1. The van der Waals surface area contributed by atoms with Crippen LogP contribution >= 0.6 is 0 Å². The highest BCUT2D eigenvalue weighted by atomic mass is 16.6. The summed E-state index contributed by atoms with van der Waals surface area (Å²) < 4.78 is 14.9. The maximum absolute atomic E-state index is 12.6. The fourth-order valence-corrected chi connectivity index (χ4v) is 3.01. The largest absolute Gasteiger partial charge is 0.464 e. The van der Waals surface area contributed by atoms with Crippen molar-refractivity contribution >= 4 is 29.8 Å². The number of carbonyl (C=O) groups excluding carboxylic acids is 5. The first-order valence-electron chi connectivity index (χ1n) is 10.3. The van der Waals surface area contributed by atoms with Gasteiger partial charge < -0.3 is 14.2 Å². The molecule has 1 aliphatic rings. The normalized spacial score (nSPS) is 16.4. The summed E-state index contributed by atoms with van der Waals surface area (Å²) in [6.45, 7) is 4.61. The minimum absolute atomic E-state index is 0.0239. The maximum atomic E-state index is 12.6. The molecule has 0 spiro atoms. The van der Waals surface area contributed by atoms with Crippen LogP contribution in [0.1, 0.15) is 39.2 Å². The minimum Gasteiger partial charge on any atom is -0.464 e. The molecule has 10 nitrogen and oxygen atoms in total. The van der Waals surface area contributed by atoms with Crippen molar-refractivity contribution in [2.75, 3.05) is 13.7 Å². The van der Waals surface area contributed by atoms with Crippen molar-refractivity contribution in [2.24, 2.45) is 5.92 Å². The Morgan fingerprint density at radius 1 is 1.15 bits per heavy atom. The number of esters is 1. The van der Waals surface area contributed by atoms with Gasteiger partial charge in [0.05, 0.1) is 19.6 Å². The van der Waals surface area contributed by atoms with Crippen molar-refractivity contribution in [1.29, 1.82) is 0 Å². The number of ether oxygens (including phenoxy) is 3. The zero-order valence-corrected chi connectivity index (χ0v) is 19.1. The Morgan fingerprint density at radius 2 is 1.82 bits per heavy atom. The van der Waals surface area contributed by atoms with Crippen LogP contribution in [0.15, 0.2) is 42.1 Å². The number of Topliss-reactive ketones (excluding diaryl/α,β-unsaturated/α-hetero) is 1. The number of alkyl carbamates (subject to hydrolysis) is 1. The van der Waals surface area contributed by atoms with Crippen LogP contribution in [-0.2, 0) is 35.2 Å². The van der Waals surface area contributed by atoms with Crippen molar-refractivity contribution < 1.29 is 38.2 Å². The molecule has 33 heavy (non-hydrogen) atoms. The van der Waals surface area contributed by atoms with Crippen LogP contribution in [-0.4, -0.2) is 54.0 Å². The average Bonchev–Trinajstić information content (AvgIpc) is 3.04. The van der Waals surface area contributed by atoms with E-state index in [1.807, 2.05) is 6.07 Å². The summed E-state index contributed by atoms with van der Waals surface area (Å²) >= 11 is 0. The number of methoxy groups -OCH3 is 1. The second kappa shape index (κ2) is 11.3. The molecule has 1 saturated heterocycles. The van der Waals surface area contributed by atoms with Gasteiger partial charge in [0, 0.05) is 0 Å². The molecular formula is C23H28N2O8.